The summed E-state index contributed by atoms with van der Waals surface area (Å²) in [4.78, 5) is 2.11. The zero-order valence-electron chi connectivity index (χ0n) is 10.5. The summed E-state index contributed by atoms with van der Waals surface area (Å²) in [7, 11) is 2.00. The van der Waals surface area contributed by atoms with Crippen LogP contribution in [0.3, 0.4) is 0 Å². The van der Waals surface area contributed by atoms with Gasteiger partial charge in [0.05, 0.1) is 17.9 Å². The fourth-order valence-electron chi connectivity index (χ4n) is 1.67. The highest BCUT2D eigenvalue weighted by atomic mass is 32.2. The number of hydrogen-bond donors (Lipinski definition) is 1. The highest BCUT2D eigenvalue weighted by molar-refractivity contribution is 7.98. The highest BCUT2D eigenvalue weighted by Gasteiger charge is 2.13. The Labute approximate surface area is 107 Å². The first-order valence-corrected chi connectivity index (χ1v) is 6.89. The SMILES string of the molecule is CSCC(C)N(C)c1ccc(CO)cc1C#N. The van der Waals surface area contributed by atoms with E-state index in [2.05, 4.69) is 24.1 Å². The van der Waals surface area contributed by atoms with Crippen molar-refractivity contribution in [3.05, 3.63) is 29.3 Å². The standard InChI is InChI=1S/C13H18N2OS/c1-10(9-17-3)15(2)13-5-4-11(8-16)6-12(13)7-14/h4-6,10,16H,8-9H2,1-3H3. The van der Waals surface area contributed by atoms with Crippen LogP contribution in [0.4, 0.5) is 5.69 Å². The predicted molar refractivity (Wildman–Crippen MR) is 73.3 cm³/mol. The van der Waals surface area contributed by atoms with Crippen LogP contribution in [0, 0.1) is 11.3 Å². The third kappa shape index (κ3) is 3.39. The molecule has 1 unspecified atom stereocenters. The fraction of sp³-hybridized carbons (Fsp3) is 0.462. The minimum atomic E-state index is -0.0287. The molecule has 4 heteroatoms. The van der Waals surface area contributed by atoms with Gasteiger partial charge in [-0.15, -0.1) is 0 Å². The van der Waals surface area contributed by atoms with E-state index in [1.807, 2.05) is 19.2 Å². The van der Waals surface area contributed by atoms with Crippen molar-refractivity contribution in [1.82, 2.24) is 0 Å². The number of aliphatic hydroxyl groups excluding tert-OH is 1. The molecule has 92 valence electrons. The summed E-state index contributed by atoms with van der Waals surface area (Å²) < 4.78 is 0. The van der Waals surface area contributed by atoms with Gasteiger partial charge in [0.1, 0.15) is 6.07 Å². The fourth-order valence-corrected chi connectivity index (χ4v) is 2.38. The Kier molecular flexibility index (Phi) is 5.33. The van der Waals surface area contributed by atoms with Gasteiger partial charge in [-0.3, -0.25) is 0 Å². The predicted octanol–water partition coefficient (Wildman–Crippen LogP) is 2.24. The molecular weight excluding hydrogens is 232 g/mol. The van der Waals surface area contributed by atoms with Crippen molar-refractivity contribution >= 4 is 17.4 Å². The van der Waals surface area contributed by atoms with Crippen molar-refractivity contribution in [2.24, 2.45) is 0 Å². The quantitative estimate of drug-likeness (QED) is 0.870. The van der Waals surface area contributed by atoms with Gasteiger partial charge < -0.3 is 10.0 Å². The van der Waals surface area contributed by atoms with Crippen LogP contribution in [-0.4, -0.2) is 30.2 Å². The maximum Gasteiger partial charge on any atom is 0.101 e. The number of hydrogen-bond acceptors (Lipinski definition) is 4. The minimum absolute atomic E-state index is 0.0287. The van der Waals surface area contributed by atoms with Crippen LogP contribution in [0.15, 0.2) is 18.2 Å². The van der Waals surface area contributed by atoms with E-state index in [1.165, 1.54) is 0 Å². The van der Waals surface area contributed by atoms with Crippen LogP contribution in [0.2, 0.25) is 0 Å². The van der Waals surface area contributed by atoms with Crippen LogP contribution in [0.25, 0.3) is 0 Å². The van der Waals surface area contributed by atoms with Gasteiger partial charge in [-0.1, -0.05) is 6.07 Å². The van der Waals surface area contributed by atoms with Gasteiger partial charge in [-0.05, 0) is 30.9 Å². The smallest absolute Gasteiger partial charge is 0.101 e. The van der Waals surface area contributed by atoms with E-state index >= 15 is 0 Å². The molecular formula is C13H18N2OS. The lowest BCUT2D eigenvalue weighted by molar-refractivity contribution is 0.282. The maximum absolute atomic E-state index is 9.14. The molecule has 0 radical (unpaired) electrons. The first-order chi connectivity index (χ1) is 8.13. The lowest BCUT2D eigenvalue weighted by Crippen LogP contribution is -2.31. The molecule has 0 aromatic heterocycles. The van der Waals surface area contributed by atoms with E-state index in [1.54, 1.807) is 17.8 Å². The number of benzene rings is 1. The van der Waals surface area contributed by atoms with Crippen molar-refractivity contribution in [2.75, 3.05) is 24.0 Å². The summed E-state index contributed by atoms with van der Waals surface area (Å²) >= 11 is 1.79. The molecule has 1 aromatic rings. The Hall–Kier alpha value is -1.18. The van der Waals surface area contributed by atoms with E-state index in [0.717, 1.165) is 17.0 Å². The largest absolute Gasteiger partial charge is 0.392 e. The number of rotatable bonds is 5. The van der Waals surface area contributed by atoms with Crippen LogP contribution < -0.4 is 4.90 Å². The Morgan fingerprint density at radius 2 is 2.24 bits per heavy atom. The van der Waals surface area contributed by atoms with Crippen LogP contribution in [0.1, 0.15) is 18.1 Å². The number of aliphatic hydroxyl groups is 1. The summed E-state index contributed by atoms with van der Waals surface area (Å²) in [6.45, 7) is 2.11. The molecule has 1 rings (SSSR count). The lowest BCUT2D eigenvalue weighted by atomic mass is 10.1. The average Bonchev–Trinajstić information content (AvgIpc) is 2.37. The zero-order chi connectivity index (χ0) is 12.8. The Morgan fingerprint density at radius 3 is 2.76 bits per heavy atom. The highest BCUT2D eigenvalue weighted by Crippen LogP contribution is 2.23. The van der Waals surface area contributed by atoms with Crippen molar-refractivity contribution < 1.29 is 5.11 Å². The van der Waals surface area contributed by atoms with Crippen molar-refractivity contribution in [3.8, 4) is 6.07 Å². The van der Waals surface area contributed by atoms with Gasteiger partial charge in [-0.25, -0.2) is 0 Å². The van der Waals surface area contributed by atoms with E-state index in [4.69, 9.17) is 10.4 Å². The third-order valence-electron chi connectivity index (χ3n) is 2.81. The number of nitrogens with zero attached hydrogens (tertiary/aromatic N) is 2. The molecule has 0 fully saturated rings. The van der Waals surface area contributed by atoms with Gasteiger partial charge in [0.15, 0.2) is 0 Å². The molecule has 0 aliphatic carbocycles. The van der Waals surface area contributed by atoms with E-state index < -0.39 is 0 Å². The first-order valence-electron chi connectivity index (χ1n) is 5.49. The molecule has 17 heavy (non-hydrogen) atoms. The third-order valence-corrected chi connectivity index (χ3v) is 3.63. The average molecular weight is 250 g/mol. The van der Waals surface area contributed by atoms with Crippen LogP contribution in [-0.2, 0) is 6.61 Å². The normalized spacial score (nSPS) is 11.9. The molecule has 1 aromatic carbocycles. The Bertz CT molecular complexity index is 414. The number of anilines is 1. The summed E-state index contributed by atoms with van der Waals surface area (Å²) in [5.74, 6) is 1.02. The zero-order valence-corrected chi connectivity index (χ0v) is 11.3. The number of nitriles is 1. The van der Waals surface area contributed by atoms with Crippen molar-refractivity contribution in [2.45, 2.75) is 19.6 Å². The second-order valence-electron chi connectivity index (χ2n) is 4.04. The molecule has 0 aliphatic rings. The molecule has 0 spiro atoms. The molecule has 1 atom stereocenters. The molecule has 0 amide bonds. The summed E-state index contributed by atoms with van der Waals surface area (Å²) in [6.07, 6.45) is 2.07. The second kappa shape index (κ2) is 6.53. The molecule has 0 aliphatic heterocycles. The van der Waals surface area contributed by atoms with Gasteiger partial charge >= 0.3 is 0 Å². The molecule has 1 N–H and O–H groups in total. The van der Waals surface area contributed by atoms with Gasteiger partial charge in [0.2, 0.25) is 0 Å². The molecule has 0 heterocycles. The van der Waals surface area contributed by atoms with E-state index in [9.17, 15) is 0 Å². The Balaban J connectivity index is 3.01. The van der Waals surface area contributed by atoms with Gasteiger partial charge in [0.25, 0.3) is 0 Å². The minimum Gasteiger partial charge on any atom is -0.392 e. The topological polar surface area (TPSA) is 47.3 Å². The van der Waals surface area contributed by atoms with Crippen LogP contribution >= 0.6 is 11.8 Å². The van der Waals surface area contributed by atoms with E-state index in [0.29, 0.717) is 11.6 Å². The number of thioether (sulfide) groups is 1. The van der Waals surface area contributed by atoms with Crippen molar-refractivity contribution in [3.63, 3.8) is 0 Å². The van der Waals surface area contributed by atoms with Gasteiger partial charge in [-0.2, -0.15) is 17.0 Å². The van der Waals surface area contributed by atoms with Crippen LogP contribution in [0.5, 0.6) is 0 Å². The Morgan fingerprint density at radius 1 is 1.53 bits per heavy atom. The molecule has 3 nitrogen and oxygen atoms in total. The van der Waals surface area contributed by atoms with Crippen molar-refractivity contribution in [1.29, 1.82) is 5.26 Å². The first kappa shape index (κ1) is 13.9. The van der Waals surface area contributed by atoms with Gasteiger partial charge in [0, 0.05) is 18.8 Å². The maximum atomic E-state index is 9.14. The monoisotopic (exact) mass is 250 g/mol. The summed E-state index contributed by atoms with van der Waals surface area (Å²) in [5.41, 5.74) is 2.31. The summed E-state index contributed by atoms with van der Waals surface area (Å²) in [6, 6.07) is 8.07. The molecule has 0 bridgehead atoms. The van der Waals surface area contributed by atoms with E-state index in [-0.39, 0.29) is 6.61 Å². The molecule has 0 saturated carbocycles. The summed E-state index contributed by atoms with van der Waals surface area (Å²) in [5, 5.41) is 18.2. The molecule has 0 saturated heterocycles. The second-order valence-corrected chi connectivity index (χ2v) is 4.95. The lowest BCUT2D eigenvalue weighted by Gasteiger charge is -2.27.